The first-order valence-corrected chi connectivity index (χ1v) is 14.8. The number of nitrogens with zero attached hydrogens (tertiary/aromatic N) is 2. The number of hydrogen-bond donors (Lipinski definition) is 1. The maximum Gasteiger partial charge on any atom is 0.416 e. The van der Waals surface area contributed by atoms with Gasteiger partial charge >= 0.3 is 6.18 Å². The van der Waals surface area contributed by atoms with E-state index in [1.165, 1.54) is 49.6 Å². The topological polar surface area (TPSA) is 35.9 Å². The number of benzene rings is 2. The SMILES string of the molecule is CCCCCCCC1(OCCO)CCN(CC(C)N2c3ccccc3Sc3ccc(C(F)(F)F)cc32)CC1.Cl. The number of aliphatic hydroxyl groups is 1. The number of likely N-dealkylation sites (tertiary alicyclic amines) is 1. The number of aliphatic hydroxyl groups excluding tert-OH is 1. The van der Waals surface area contributed by atoms with Gasteiger partial charge in [0.25, 0.3) is 0 Å². The number of unbranched alkanes of at least 4 members (excludes halogenated alkanes) is 4. The quantitative estimate of drug-likeness (QED) is 0.253. The van der Waals surface area contributed by atoms with Gasteiger partial charge in [0.05, 0.1) is 35.8 Å². The molecule has 1 fully saturated rings. The molecule has 1 unspecified atom stereocenters. The van der Waals surface area contributed by atoms with Gasteiger partial charge in [0.2, 0.25) is 0 Å². The third kappa shape index (κ3) is 8.07. The minimum Gasteiger partial charge on any atom is -0.394 e. The Bertz CT molecular complexity index is 1050. The summed E-state index contributed by atoms with van der Waals surface area (Å²) in [5, 5.41) is 9.39. The van der Waals surface area contributed by atoms with Crippen LogP contribution < -0.4 is 4.90 Å². The van der Waals surface area contributed by atoms with Crippen LogP contribution in [0, 0.1) is 0 Å². The first kappa shape index (κ1) is 32.1. The Morgan fingerprint density at radius 1 is 1.00 bits per heavy atom. The number of piperidine rings is 1. The Morgan fingerprint density at radius 3 is 2.38 bits per heavy atom. The van der Waals surface area contributed by atoms with E-state index in [0.717, 1.165) is 60.8 Å². The molecule has 2 aromatic rings. The lowest BCUT2D eigenvalue weighted by Gasteiger charge is -2.44. The molecule has 0 aliphatic carbocycles. The van der Waals surface area contributed by atoms with Crippen LogP contribution in [-0.4, -0.2) is 54.5 Å². The number of rotatable bonds is 12. The molecular formula is C30H42ClF3N2O2S. The van der Waals surface area contributed by atoms with E-state index >= 15 is 0 Å². The molecule has 1 atom stereocenters. The number of halogens is 4. The number of hydrogen-bond acceptors (Lipinski definition) is 5. The molecule has 2 aliphatic heterocycles. The first-order chi connectivity index (χ1) is 18.3. The summed E-state index contributed by atoms with van der Waals surface area (Å²) in [6, 6.07) is 12.0. The second-order valence-electron chi connectivity index (χ2n) is 10.7. The van der Waals surface area contributed by atoms with Gasteiger partial charge in [0.1, 0.15) is 0 Å². The van der Waals surface area contributed by atoms with Crippen LogP contribution in [-0.2, 0) is 10.9 Å². The van der Waals surface area contributed by atoms with Crippen molar-refractivity contribution in [2.45, 2.75) is 92.8 Å². The number of ether oxygens (including phenoxy) is 1. The summed E-state index contributed by atoms with van der Waals surface area (Å²) in [5.74, 6) is 0. The fourth-order valence-electron chi connectivity index (χ4n) is 5.81. The standard InChI is InChI=1S/C30H41F3N2O2S.ClH/c1-3-4-5-6-9-14-29(37-20-19-36)15-17-34(18-16-29)22-23(2)35-25-10-7-8-11-27(25)38-28-13-12-24(21-26(28)35)30(31,32)33;/h7-8,10-13,21,23,36H,3-6,9,14-20,22H2,1-2H3;1H. The van der Waals surface area contributed by atoms with Crippen LogP contribution in [0.3, 0.4) is 0 Å². The summed E-state index contributed by atoms with van der Waals surface area (Å²) in [7, 11) is 0. The lowest BCUT2D eigenvalue weighted by atomic mass is 9.85. The second-order valence-corrected chi connectivity index (χ2v) is 11.8. The van der Waals surface area contributed by atoms with Gasteiger partial charge < -0.3 is 19.6 Å². The molecule has 0 bridgehead atoms. The molecule has 0 amide bonds. The number of anilines is 2. The van der Waals surface area contributed by atoms with Crippen LogP contribution in [0.15, 0.2) is 52.3 Å². The molecule has 2 aromatic carbocycles. The zero-order valence-electron chi connectivity index (χ0n) is 23.0. The fraction of sp³-hybridized carbons (Fsp3) is 0.600. The molecule has 4 nitrogen and oxygen atoms in total. The van der Waals surface area contributed by atoms with E-state index in [-0.39, 0.29) is 30.7 Å². The molecule has 2 aliphatic rings. The smallest absolute Gasteiger partial charge is 0.394 e. The molecular weight excluding hydrogens is 545 g/mol. The van der Waals surface area contributed by atoms with Gasteiger partial charge in [-0.15, -0.1) is 12.4 Å². The van der Waals surface area contributed by atoms with Crippen molar-refractivity contribution in [3.8, 4) is 0 Å². The highest BCUT2D eigenvalue weighted by Crippen LogP contribution is 2.50. The number of para-hydroxylation sites is 1. The van der Waals surface area contributed by atoms with E-state index in [4.69, 9.17) is 4.74 Å². The Labute approximate surface area is 241 Å². The number of alkyl halides is 3. The van der Waals surface area contributed by atoms with Crippen molar-refractivity contribution in [3.05, 3.63) is 48.0 Å². The molecule has 1 saturated heterocycles. The summed E-state index contributed by atoms with van der Waals surface area (Å²) in [6.45, 7) is 7.23. The van der Waals surface area contributed by atoms with E-state index in [0.29, 0.717) is 12.3 Å². The summed E-state index contributed by atoms with van der Waals surface area (Å²) in [4.78, 5) is 6.42. The molecule has 9 heteroatoms. The third-order valence-electron chi connectivity index (χ3n) is 7.86. The average molecular weight is 587 g/mol. The first-order valence-electron chi connectivity index (χ1n) is 14.0. The van der Waals surface area contributed by atoms with E-state index in [2.05, 4.69) is 23.6 Å². The highest BCUT2D eigenvalue weighted by Gasteiger charge is 2.37. The van der Waals surface area contributed by atoms with Crippen molar-refractivity contribution in [2.24, 2.45) is 0 Å². The molecule has 0 radical (unpaired) electrons. The highest BCUT2D eigenvalue weighted by atomic mass is 35.5. The van der Waals surface area contributed by atoms with Gasteiger partial charge in [0, 0.05) is 35.5 Å². The van der Waals surface area contributed by atoms with Crippen molar-refractivity contribution < 1.29 is 23.0 Å². The van der Waals surface area contributed by atoms with E-state index < -0.39 is 11.7 Å². The van der Waals surface area contributed by atoms with Crippen LogP contribution in [0.25, 0.3) is 0 Å². The van der Waals surface area contributed by atoms with E-state index in [1.54, 1.807) is 6.07 Å². The normalized spacial score (nSPS) is 17.7. The van der Waals surface area contributed by atoms with Crippen molar-refractivity contribution in [1.82, 2.24) is 4.90 Å². The van der Waals surface area contributed by atoms with Gasteiger partial charge in [-0.05, 0) is 56.5 Å². The van der Waals surface area contributed by atoms with Crippen molar-refractivity contribution in [1.29, 1.82) is 0 Å². The van der Waals surface area contributed by atoms with Crippen LogP contribution >= 0.6 is 24.2 Å². The monoisotopic (exact) mass is 586 g/mol. The molecule has 2 heterocycles. The Kier molecular flexibility index (Phi) is 11.9. The summed E-state index contributed by atoms with van der Waals surface area (Å²) in [6.07, 6.45) is 4.56. The van der Waals surface area contributed by atoms with Gasteiger partial charge in [0.15, 0.2) is 0 Å². The zero-order valence-corrected chi connectivity index (χ0v) is 24.6. The highest BCUT2D eigenvalue weighted by molar-refractivity contribution is 7.99. The molecule has 39 heavy (non-hydrogen) atoms. The maximum atomic E-state index is 13.6. The Morgan fingerprint density at radius 2 is 1.69 bits per heavy atom. The van der Waals surface area contributed by atoms with Crippen molar-refractivity contribution in [2.75, 3.05) is 37.7 Å². The Balaban J connectivity index is 0.00000420. The second kappa shape index (κ2) is 14.4. The zero-order chi connectivity index (χ0) is 27.2. The fourth-order valence-corrected chi connectivity index (χ4v) is 6.86. The molecule has 0 spiro atoms. The minimum absolute atomic E-state index is 0. The van der Waals surface area contributed by atoms with Crippen LogP contribution in [0.1, 0.15) is 70.8 Å². The summed E-state index contributed by atoms with van der Waals surface area (Å²) in [5.41, 5.74) is 0.787. The Hall–Kier alpha value is -1.45. The molecule has 4 rings (SSSR count). The molecule has 0 aromatic heterocycles. The van der Waals surface area contributed by atoms with E-state index in [9.17, 15) is 18.3 Å². The van der Waals surface area contributed by atoms with Crippen molar-refractivity contribution in [3.63, 3.8) is 0 Å². The van der Waals surface area contributed by atoms with E-state index in [1.807, 2.05) is 24.3 Å². The average Bonchev–Trinajstić information content (AvgIpc) is 2.90. The van der Waals surface area contributed by atoms with Crippen LogP contribution in [0.4, 0.5) is 24.5 Å². The lowest BCUT2D eigenvalue weighted by molar-refractivity contribution is -0.137. The summed E-state index contributed by atoms with van der Waals surface area (Å²) >= 11 is 1.53. The maximum absolute atomic E-state index is 13.6. The van der Waals surface area contributed by atoms with Crippen LogP contribution in [0.5, 0.6) is 0 Å². The van der Waals surface area contributed by atoms with Gasteiger partial charge in [-0.2, -0.15) is 13.2 Å². The third-order valence-corrected chi connectivity index (χ3v) is 8.99. The minimum atomic E-state index is -4.38. The largest absolute Gasteiger partial charge is 0.416 e. The number of fused-ring (bicyclic) bond motifs is 2. The van der Waals surface area contributed by atoms with Gasteiger partial charge in [-0.25, -0.2) is 0 Å². The molecule has 218 valence electrons. The van der Waals surface area contributed by atoms with Gasteiger partial charge in [-0.1, -0.05) is 62.9 Å². The lowest BCUT2D eigenvalue weighted by Crippen LogP contribution is -2.50. The van der Waals surface area contributed by atoms with Gasteiger partial charge in [-0.3, -0.25) is 0 Å². The molecule has 1 N–H and O–H groups in total. The summed E-state index contributed by atoms with van der Waals surface area (Å²) < 4.78 is 47.1. The van der Waals surface area contributed by atoms with Crippen molar-refractivity contribution >= 4 is 35.5 Å². The predicted octanol–water partition coefficient (Wildman–Crippen LogP) is 8.32. The predicted molar refractivity (Wildman–Crippen MR) is 156 cm³/mol. The van der Waals surface area contributed by atoms with Crippen LogP contribution in [0.2, 0.25) is 0 Å². The molecule has 0 saturated carbocycles.